The number of carbonyl (C=O) groups excluding carboxylic acids is 1. The van der Waals surface area contributed by atoms with Gasteiger partial charge in [-0.15, -0.1) is 0 Å². The van der Waals surface area contributed by atoms with E-state index >= 15 is 0 Å². The topological polar surface area (TPSA) is 125 Å². The van der Waals surface area contributed by atoms with E-state index in [-0.39, 0.29) is 18.9 Å². The highest BCUT2D eigenvalue weighted by atomic mass is 31.2. The molecule has 0 aliphatic rings. The maximum Gasteiger partial charge on any atom is 0.472 e. The molecule has 1 amide bonds. The van der Waals surface area contributed by atoms with Gasteiger partial charge in [-0.2, -0.15) is 0 Å². The van der Waals surface area contributed by atoms with Gasteiger partial charge in [0, 0.05) is 6.42 Å². The second-order valence-electron chi connectivity index (χ2n) is 13.7. The zero-order valence-electron chi connectivity index (χ0n) is 31.5. The Hall–Kier alpha value is -1.84. The van der Waals surface area contributed by atoms with E-state index in [0.717, 1.165) is 38.5 Å². The lowest BCUT2D eigenvalue weighted by Gasteiger charge is -2.28. The average molecular weight is 712 g/mol. The van der Waals surface area contributed by atoms with Gasteiger partial charge in [-0.05, 0) is 64.2 Å². The first-order valence-electron chi connectivity index (χ1n) is 18.7. The molecule has 0 radical (unpaired) electrons. The number of likely N-dealkylation sites (N-methyl/N-ethyl adjacent to an activating group) is 1. The van der Waals surface area contributed by atoms with E-state index in [0.29, 0.717) is 30.3 Å². The van der Waals surface area contributed by atoms with E-state index in [4.69, 9.17) is 9.05 Å². The fourth-order valence-electron chi connectivity index (χ4n) is 4.80. The summed E-state index contributed by atoms with van der Waals surface area (Å²) in [6, 6.07) is -1.09. The molecule has 4 N–H and O–H groups in total. The van der Waals surface area contributed by atoms with Crippen molar-refractivity contribution in [2.24, 2.45) is 0 Å². The highest BCUT2D eigenvalue weighted by molar-refractivity contribution is 7.47. The van der Waals surface area contributed by atoms with Crippen LogP contribution in [0.5, 0.6) is 0 Å². The summed E-state index contributed by atoms with van der Waals surface area (Å²) in [6.45, 7) is 4.35. The van der Waals surface area contributed by atoms with E-state index in [9.17, 15) is 24.5 Å². The van der Waals surface area contributed by atoms with Crippen molar-refractivity contribution >= 4 is 13.7 Å². The number of nitrogens with one attached hydrogen (secondary N) is 1. The Kier molecular flexibility index (Phi) is 29.8. The summed E-state index contributed by atoms with van der Waals surface area (Å²) in [5.74, 6) is -0.352. The van der Waals surface area contributed by atoms with E-state index in [1.165, 1.54) is 44.9 Å². The summed E-state index contributed by atoms with van der Waals surface area (Å²) in [4.78, 5) is 23.0. The second kappa shape index (κ2) is 30.9. The predicted octanol–water partition coefficient (Wildman–Crippen LogP) is 8.49. The number of quaternary nitrogens is 1. The third-order valence-electron chi connectivity index (χ3n) is 7.86. The maximum atomic E-state index is 12.8. The molecule has 0 aromatic rings. The van der Waals surface area contributed by atoms with Gasteiger partial charge in [-0.1, -0.05) is 113 Å². The van der Waals surface area contributed by atoms with Gasteiger partial charge < -0.3 is 24.9 Å². The van der Waals surface area contributed by atoms with E-state index < -0.39 is 32.7 Å². The van der Waals surface area contributed by atoms with Crippen LogP contribution >= 0.6 is 7.82 Å². The Morgan fingerprint density at radius 3 is 1.86 bits per heavy atom. The van der Waals surface area contributed by atoms with Crippen molar-refractivity contribution in [1.29, 1.82) is 0 Å². The number of rotatable bonds is 32. The molecular weight excluding hydrogens is 639 g/mol. The number of phosphoric ester groups is 1. The molecule has 0 aliphatic heterocycles. The summed E-state index contributed by atoms with van der Waals surface area (Å²) in [6.07, 6.45) is 34.5. The van der Waals surface area contributed by atoms with Gasteiger partial charge in [-0.25, -0.2) is 4.57 Å². The molecule has 0 spiro atoms. The number of unbranched alkanes of at least 4 members (excludes halogenated alkanes) is 8. The molecule has 0 aromatic heterocycles. The Morgan fingerprint density at radius 1 is 0.735 bits per heavy atom. The first-order valence-corrected chi connectivity index (χ1v) is 20.2. The lowest BCUT2D eigenvalue weighted by atomic mass is 10.0. The molecular formula is C39H72N2O7P+. The van der Waals surface area contributed by atoms with Crippen LogP contribution in [0.4, 0.5) is 0 Å². The molecule has 49 heavy (non-hydrogen) atoms. The summed E-state index contributed by atoms with van der Waals surface area (Å²) >= 11 is 0. The fourth-order valence-corrected chi connectivity index (χ4v) is 5.53. The van der Waals surface area contributed by atoms with Crippen LogP contribution in [0.15, 0.2) is 60.8 Å². The van der Waals surface area contributed by atoms with Crippen LogP contribution in [0.25, 0.3) is 0 Å². The van der Waals surface area contributed by atoms with E-state index in [1.54, 1.807) is 0 Å². The third-order valence-corrected chi connectivity index (χ3v) is 8.84. The number of allylic oxidation sites excluding steroid dienone is 10. The number of hydrogen-bond acceptors (Lipinski definition) is 6. The molecule has 284 valence electrons. The van der Waals surface area contributed by atoms with Gasteiger partial charge in [0.05, 0.1) is 39.9 Å². The third kappa shape index (κ3) is 31.9. The van der Waals surface area contributed by atoms with Crippen molar-refractivity contribution in [3.63, 3.8) is 0 Å². The van der Waals surface area contributed by atoms with Gasteiger partial charge in [0.1, 0.15) is 19.3 Å². The van der Waals surface area contributed by atoms with Crippen LogP contribution in [0, 0.1) is 0 Å². The molecule has 0 fully saturated rings. The van der Waals surface area contributed by atoms with Gasteiger partial charge in [0.2, 0.25) is 5.91 Å². The molecule has 4 unspecified atom stereocenters. The number of amides is 1. The first-order chi connectivity index (χ1) is 23.4. The predicted molar refractivity (Wildman–Crippen MR) is 204 cm³/mol. The molecule has 0 aromatic carbocycles. The average Bonchev–Trinajstić information content (AvgIpc) is 3.04. The lowest BCUT2D eigenvalue weighted by molar-refractivity contribution is -0.870. The lowest BCUT2D eigenvalue weighted by Crippen LogP contribution is -2.51. The minimum Gasteiger partial charge on any atom is -0.390 e. The van der Waals surface area contributed by atoms with Gasteiger partial charge in [0.15, 0.2) is 0 Å². The number of aliphatic hydroxyl groups is 2. The Morgan fingerprint density at radius 2 is 1.27 bits per heavy atom. The van der Waals surface area contributed by atoms with Crippen molar-refractivity contribution in [2.45, 2.75) is 141 Å². The van der Waals surface area contributed by atoms with Crippen molar-refractivity contribution in [3.8, 4) is 0 Å². The van der Waals surface area contributed by atoms with Crippen LogP contribution in [-0.4, -0.2) is 84.6 Å². The summed E-state index contributed by atoms with van der Waals surface area (Å²) in [5, 5.41) is 24.4. The van der Waals surface area contributed by atoms with Crippen LogP contribution < -0.4 is 5.32 Å². The number of hydrogen-bond donors (Lipinski definition) is 4. The molecule has 10 heteroatoms. The molecule has 9 nitrogen and oxygen atoms in total. The van der Waals surface area contributed by atoms with Crippen LogP contribution in [0.1, 0.15) is 123 Å². The molecule has 4 atom stereocenters. The van der Waals surface area contributed by atoms with Crippen LogP contribution in [0.2, 0.25) is 0 Å². The monoisotopic (exact) mass is 712 g/mol. The Balaban J connectivity index is 4.83. The zero-order chi connectivity index (χ0) is 36.6. The van der Waals surface area contributed by atoms with Crippen LogP contribution in [0.3, 0.4) is 0 Å². The van der Waals surface area contributed by atoms with Crippen molar-refractivity contribution in [3.05, 3.63) is 60.8 Å². The molecule has 0 heterocycles. The van der Waals surface area contributed by atoms with Crippen molar-refractivity contribution in [2.75, 3.05) is 40.9 Å². The SMILES string of the molecule is CC/C=C\C/C=C\C/C=C\C/C=C\CCC(=O)NC(COP(=O)(O)OCC[N+](C)(C)C)C(O)C(O)CCC/C=C/CCCCCCCCC. The summed E-state index contributed by atoms with van der Waals surface area (Å²) in [5.41, 5.74) is 0. The van der Waals surface area contributed by atoms with E-state index in [2.05, 4.69) is 67.8 Å². The van der Waals surface area contributed by atoms with Gasteiger partial charge in [0.25, 0.3) is 0 Å². The Labute approximate surface area is 299 Å². The largest absolute Gasteiger partial charge is 0.472 e. The van der Waals surface area contributed by atoms with Crippen molar-refractivity contribution < 1.29 is 38.0 Å². The standard InChI is InChI=1S/C39H71N2O7P/c1-6-8-10-12-14-16-18-20-22-24-26-28-30-32-38(43)40-36(35-48-49(45,46)47-34-33-41(3,4)5)39(44)37(42)31-29-27-25-23-21-19-17-15-13-11-9-7-2/h8,10,14,16,20,22-23,25-26,28,36-37,39,42,44H,6-7,9,11-13,15,17-19,21,24,27,29-35H2,1-5H3,(H-,40,43,45,46)/p+1/b10-8-,16-14-,22-20-,25-23+,28-26-. The molecule has 0 saturated heterocycles. The highest BCUT2D eigenvalue weighted by Gasteiger charge is 2.31. The molecule has 0 aliphatic carbocycles. The number of carbonyl (C=O) groups is 1. The summed E-state index contributed by atoms with van der Waals surface area (Å²) < 4.78 is 23.3. The quantitative estimate of drug-likeness (QED) is 0.0239. The Bertz CT molecular complexity index is 1000. The minimum atomic E-state index is -4.43. The summed E-state index contributed by atoms with van der Waals surface area (Å²) in [7, 11) is 1.36. The smallest absolute Gasteiger partial charge is 0.390 e. The number of nitrogens with zero attached hydrogens (tertiary/aromatic N) is 1. The van der Waals surface area contributed by atoms with Gasteiger partial charge in [-0.3, -0.25) is 13.8 Å². The maximum absolute atomic E-state index is 12.8. The number of phosphoric acid groups is 1. The highest BCUT2D eigenvalue weighted by Crippen LogP contribution is 2.43. The zero-order valence-corrected chi connectivity index (χ0v) is 32.4. The van der Waals surface area contributed by atoms with Crippen molar-refractivity contribution in [1.82, 2.24) is 5.32 Å². The molecule has 0 saturated carbocycles. The fraction of sp³-hybridized carbons (Fsp3) is 0.718. The van der Waals surface area contributed by atoms with E-state index in [1.807, 2.05) is 33.3 Å². The van der Waals surface area contributed by atoms with Crippen LogP contribution in [-0.2, 0) is 18.4 Å². The second-order valence-corrected chi connectivity index (χ2v) is 15.1. The molecule has 0 rings (SSSR count). The number of aliphatic hydroxyl groups excluding tert-OH is 2. The molecule has 0 bridgehead atoms. The minimum absolute atomic E-state index is 0.000820. The first kappa shape index (κ1) is 47.2. The normalized spacial score (nSPS) is 16.0. The van der Waals surface area contributed by atoms with Gasteiger partial charge >= 0.3 is 7.82 Å².